The number of nitrogens with zero attached hydrogens (tertiary/aromatic N) is 2. The number of rotatable bonds is 12. The molecule has 0 amide bonds. The van der Waals surface area contributed by atoms with Crippen molar-refractivity contribution in [3.8, 4) is 0 Å². The Bertz CT molecular complexity index is 1640. The molecule has 6 aromatic rings. The predicted octanol–water partition coefficient (Wildman–Crippen LogP) is 10.4. The summed E-state index contributed by atoms with van der Waals surface area (Å²) < 4.78 is 0. The molecule has 0 saturated heterocycles. The summed E-state index contributed by atoms with van der Waals surface area (Å²) in [4.78, 5) is 4.80. The van der Waals surface area contributed by atoms with E-state index < -0.39 is 6.10 Å². The number of hydrogen-bond acceptors (Lipinski definition) is 3. The summed E-state index contributed by atoms with van der Waals surface area (Å²) >= 11 is 0. The van der Waals surface area contributed by atoms with Gasteiger partial charge < -0.3 is 14.9 Å². The molecule has 0 aliphatic carbocycles. The van der Waals surface area contributed by atoms with Crippen molar-refractivity contribution in [2.24, 2.45) is 0 Å². The van der Waals surface area contributed by atoms with Crippen molar-refractivity contribution >= 4 is 11.4 Å². The molecular weight excluding hydrogens is 585 g/mol. The maximum Gasteiger partial charge on any atom is 0.104 e. The van der Waals surface area contributed by atoms with Gasteiger partial charge in [-0.2, -0.15) is 0 Å². The molecule has 1 N–H and O–H groups in total. The highest BCUT2D eigenvalue weighted by Crippen LogP contribution is 2.29. The second-order valence-electron chi connectivity index (χ2n) is 13.2. The van der Waals surface area contributed by atoms with Crippen molar-refractivity contribution in [1.82, 2.24) is 0 Å². The van der Waals surface area contributed by atoms with E-state index in [1.54, 1.807) is 0 Å². The van der Waals surface area contributed by atoms with Crippen LogP contribution in [-0.2, 0) is 26.2 Å². The van der Waals surface area contributed by atoms with Gasteiger partial charge in [0.1, 0.15) is 6.10 Å². The fourth-order valence-corrected chi connectivity index (χ4v) is 6.06. The number of benzene rings is 6. The highest BCUT2D eigenvalue weighted by Gasteiger charge is 2.15. The first-order valence-electron chi connectivity index (χ1n) is 16.9. The minimum absolute atomic E-state index is 0.710. The van der Waals surface area contributed by atoms with Crippen molar-refractivity contribution in [2.75, 3.05) is 9.80 Å². The molecule has 0 aliphatic heterocycles. The summed E-state index contributed by atoms with van der Waals surface area (Å²) in [6.45, 7) is 11.7. The SMILES string of the molecule is Cc1ccc(CN(Cc2ccc(C)cc2)c2ccc(C(O)c3ccc(N(Cc4ccc(C)cc4)Cc4ccc(C)cc4)cc3)cc2)cc1. The summed E-state index contributed by atoms with van der Waals surface area (Å²) in [6, 6.07) is 51.9. The van der Waals surface area contributed by atoms with Gasteiger partial charge in [-0.1, -0.05) is 144 Å². The van der Waals surface area contributed by atoms with Gasteiger partial charge in [-0.05, 0) is 85.3 Å². The first-order valence-corrected chi connectivity index (χ1v) is 16.9. The zero-order valence-electron chi connectivity index (χ0n) is 28.6. The molecule has 0 atom stereocenters. The van der Waals surface area contributed by atoms with E-state index in [9.17, 15) is 5.11 Å². The fourth-order valence-electron chi connectivity index (χ4n) is 6.06. The third-order valence-corrected chi connectivity index (χ3v) is 9.12. The third-order valence-electron chi connectivity index (χ3n) is 9.12. The number of aliphatic hydroxyl groups excluding tert-OH is 1. The van der Waals surface area contributed by atoms with E-state index in [4.69, 9.17) is 0 Å². The van der Waals surface area contributed by atoms with Crippen LogP contribution < -0.4 is 9.80 Å². The van der Waals surface area contributed by atoms with E-state index in [0.717, 1.165) is 48.7 Å². The molecule has 0 spiro atoms. The third kappa shape index (κ3) is 8.61. The van der Waals surface area contributed by atoms with Crippen LogP contribution in [0, 0.1) is 27.7 Å². The van der Waals surface area contributed by atoms with Crippen LogP contribution >= 0.6 is 0 Å². The van der Waals surface area contributed by atoms with Gasteiger partial charge in [0, 0.05) is 37.6 Å². The van der Waals surface area contributed by atoms with E-state index in [1.807, 2.05) is 0 Å². The minimum atomic E-state index is -0.710. The molecule has 0 unspecified atom stereocenters. The average molecular weight is 631 g/mol. The first kappa shape index (κ1) is 32.8. The van der Waals surface area contributed by atoms with Crippen molar-refractivity contribution in [3.05, 3.63) is 201 Å². The number of aryl methyl sites for hydroxylation is 4. The van der Waals surface area contributed by atoms with Crippen molar-refractivity contribution < 1.29 is 5.11 Å². The second kappa shape index (κ2) is 15.2. The lowest BCUT2D eigenvalue weighted by Gasteiger charge is -2.27. The highest BCUT2D eigenvalue weighted by molar-refractivity contribution is 5.52. The molecule has 48 heavy (non-hydrogen) atoms. The van der Waals surface area contributed by atoms with Crippen molar-refractivity contribution in [2.45, 2.75) is 60.0 Å². The molecule has 0 aromatic heterocycles. The topological polar surface area (TPSA) is 26.7 Å². The standard InChI is InChI=1S/C45H46N2O/c1-33-5-13-37(14-6-33)29-46(30-38-15-7-34(2)8-16-38)43-25-21-41(22-26-43)45(48)42-23-27-44(28-24-42)47(31-39-17-9-35(3)10-18-39)32-40-19-11-36(4)12-20-40/h5-28,45,48H,29-32H2,1-4H3. The predicted molar refractivity (Wildman–Crippen MR) is 201 cm³/mol. The monoisotopic (exact) mass is 630 g/mol. The molecule has 0 radical (unpaired) electrons. The Labute approximate surface area is 286 Å². The van der Waals surface area contributed by atoms with E-state index in [-0.39, 0.29) is 0 Å². The van der Waals surface area contributed by atoms with Crippen LogP contribution in [0.15, 0.2) is 146 Å². The Balaban J connectivity index is 1.20. The van der Waals surface area contributed by atoms with Crippen LogP contribution in [0.2, 0.25) is 0 Å². The summed E-state index contributed by atoms with van der Waals surface area (Å²) in [5.41, 5.74) is 14.2. The molecular formula is C45H46N2O. The molecule has 0 bridgehead atoms. The molecule has 6 rings (SSSR count). The van der Waals surface area contributed by atoms with Crippen LogP contribution in [0.4, 0.5) is 11.4 Å². The van der Waals surface area contributed by atoms with Gasteiger partial charge in [0.2, 0.25) is 0 Å². The minimum Gasteiger partial charge on any atom is -0.384 e. The molecule has 0 saturated carbocycles. The van der Waals surface area contributed by atoms with Gasteiger partial charge in [-0.25, -0.2) is 0 Å². The molecule has 3 nitrogen and oxygen atoms in total. The number of hydrogen-bond donors (Lipinski definition) is 1. The summed E-state index contributed by atoms with van der Waals surface area (Å²) in [5.74, 6) is 0. The Morgan fingerprint density at radius 2 is 0.583 bits per heavy atom. The van der Waals surface area contributed by atoms with E-state index in [1.165, 1.54) is 44.5 Å². The van der Waals surface area contributed by atoms with Gasteiger partial charge in [0.15, 0.2) is 0 Å². The smallest absolute Gasteiger partial charge is 0.104 e. The lowest BCUT2D eigenvalue weighted by Crippen LogP contribution is -2.22. The molecule has 0 heterocycles. The van der Waals surface area contributed by atoms with Crippen molar-refractivity contribution in [1.29, 1.82) is 0 Å². The first-order chi connectivity index (χ1) is 23.3. The maximum absolute atomic E-state index is 11.5. The largest absolute Gasteiger partial charge is 0.384 e. The van der Waals surface area contributed by atoms with Crippen molar-refractivity contribution in [3.63, 3.8) is 0 Å². The van der Waals surface area contributed by atoms with Gasteiger partial charge in [0.25, 0.3) is 0 Å². The molecule has 3 heteroatoms. The Morgan fingerprint density at radius 3 is 0.812 bits per heavy atom. The Morgan fingerprint density at radius 1 is 0.354 bits per heavy atom. The van der Waals surface area contributed by atoms with E-state index in [2.05, 4.69) is 183 Å². The molecule has 242 valence electrons. The molecule has 6 aromatic carbocycles. The Hall–Kier alpha value is -5.12. The number of aliphatic hydroxyl groups is 1. The van der Waals surface area contributed by atoms with Crippen LogP contribution in [0.3, 0.4) is 0 Å². The van der Waals surface area contributed by atoms with Gasteiger partial charge >= 0.3 is 0 Å². The molecule has 0 aliphatic rings. The second-order valence-corrected chi connectivity index (χ2v) is 13.2. The summed E-state index contributed by atoms with van der Waals surface area (Å²) in [6.07, 6.45) is -0.710. The zero-order valence-corrected chi connectivity index (χ0v) is 28.6. The van der Waals surface area contributed by atoms with Crippen LogP contribution in [0.1, 0.15) is 61.7 Å². The lowest BCUT2D eigenvalue weighted by molar-refractivity contribution is 0.220. The maximum atomic E-state index is 11.5. The van der Waals surface area contributed by atoms with Crippen LogP contribution in [0.5, 0.6) is 0 Å². The zero-order chi connectivity index (χ0) is 33.5. The fraction of sp³-hybridized carbons (Fsp3) is 0.200. The summed E-state index contributed by atoms with van der Waals surface area (Å²) in [5, 5.41) is 11.5. The highest BCUT2D eigenvalue weighted by atomic mass is 16.3. The van der Waals surface area contributed by atoms with E-state index in [0.29, 0.717) is 0 Å². The van der Waals surface area contributed by atoms with Gasteiger partial charge in [-0.3, -0.25) is 0 Å². The van der Waals surface area contributed by atoms with Crippen LogP contribution in [0.25, 0.3) is 0 Å². The number of anilines is 2. The Kier molecular flexibility index (Phi) is 10.4. The van der Waals surface area contributed by atoms with Gasteiger partial charge in [-0.15, -0.1) is 0 Å². The quantitative estimate of drug-likeness (QED) is 0.146. The van der Waals surface area contributed by atoms with Crippen LogP contribution in [-0.4, -0.2) is 5.11 Å². The van der Waals surface area contributed by atoms with Gasteiger partial charge in [0.05, 0.1) is 0 Å². The lowest BCUT2D eigenvalue weighted by atomic mass is 10.00. The average Bonchev–Trinajstić information content (AvgIpc) is 3.11. The van der Waals surface area contributed by atoms with E-state index >= 15 is 0 Å². The normalized spacial score (nSPS) is 11.1. The molecule has 0 fully saturated rings. The summed E-state index contributed by atoms with van der Waals surface area (Å²) in [7, 11) is 0.